The highest BCUT2D eigenvalue weighted by Crippen LogP contribution is 2.11. The average Bonchev–Trinajstić information content (AvgIpc) is 2.48. The van der Waals surface area contributed by atoms with E-state index in [1.54, 1.807) is 0 Å². The Morgan fingerprint density at radius 3 is 2.60 bits per heavy atom. The van der Waals surface area contributed by atoms with E-state index in [1.165, 1.54) is 11.1 Å². The highest BCUT2D eigenvalue weighted by molar-refractivity contribution is 5.94. The number of benzene rings is 1. The smallest absolute Gasteiger partial charge is 0.253 e. The van der Waals surface area contributed by atoms with Crippen LogP contribution in [0, 0.1) is 13.8 Å². The van der Waals surface area contributed by atoms with Crippen LogP contribution >= 0.6 is 0 Å². The van der Waals surface area contributed by atoms with E-state index in [4.69, 9.17) is 0 Å². The summed E-state index contributed by atoms with van der Waals surface area (Å²) in [7, 11) is 1.89. The van der Waals surface area contributed by atoms with Gasteiger partial charge in [0.25, 0.3) is 5.91 Å². The van der Waals surface area contributed by atoms with Gasteiger partial charge in [-0.1, -0.05) is 6.07 Å². The van der Waals surface area contributed by atoms with Crippen molar-refractivity contribution in [1.29, 1.82) is 0 Å². The van der Waals surface area contributed by atoms with Crippen LogP contribution in [-0.2, 0) is 0 Å². The van der Waals surface area contributed by atoms with E-state index in [0.29, 0.717) is 0 Å². The first kappa shape index (κ1) is 15.0. The van der Waals surface area contributed by atoms with Crippen LogP contribution in [0.3, 0.4) is 0 Å². The highest BCUT2D eigenvalue weighted by atomic mass is 16.2. The van der Waals surface area contributed by atoms with E-state index in [0.717, 1.165) is 44.8 Å². The number of hydrogen-bond acceptors (Lipinski definition) is 3. The number of rotatable bonds is 4. The van der Waals surface area contributed by atoms with Gasteiger partial charge in [0.2, 0.25) is 0 Å². The van der Waals surface area contributed by atoms with Crippen molar-refractivity contribution in [3.8, 4) is 0 Å². The monoisotopic (exact) mass is 275 g/mol. The summed E-state index contributed by atoms with van der Waals surface area (Å²) in [6.45, 7) is 10.1. The van der Waals surface area contributed by atoms with Crippen molar-refractivity contribution in [2.45, 2.75) is 13.8 Å². The fraction of sp³-hybridized carbons (Fsp3) is 0.562. The normalized spacial score (nSPS) is 16.1. The van der Waals surface area contributed by atoms with E-state index in [-0.39, 0.29) is 5.91 Å². The first-order valence-corrected chi connectivity index (χ1v) is 7.33. The molecule has 1 amide bonds. The van der Waals surface area contributed by atoms with Crippen LogP contribution in [0.1, 0.15) is 21.5 Å². The zero-order valence-electron chi connectivity index (χ0n) is 12.8. The van der Waals surface area contributed by atoms with Gasteiger partial charge in [0.05, 0.1) is 0 Å². The molecule has 1 aliphatic heterocycles. The van der Waals surface area contributed by atoms with Gasteiger partial charge in [-0.15, -0.1) is 0 Å². The molecular weight excluding hydrogens is 250 g/mol. The van der Waals surface area contributed by atoms with E-state index in [9.17, 15) is 4.79 Å². The molecule has 0 radical (unpaired) electrons. The van der Waals surface area contributed by atoms with Crippen LogP contribution < -0.4 is 5.32 Å². The molecule has 4 heteroatoms. The molecule has 0 saturated carbocycles. The Labute approximate surface area is 121 Å². The molecule has 4 nitrogen and oxygen atoms in total. The maximum Gasteiger partial charge on any atom is 0.253 e. The summed E-state index contributed by atoms with van der Waals surface area (Å²) in [5.41, 5.74) is 3.19. The highest BCUT2D eigenvalue weighted by Gasteiger charge is 2.14. The largest absolute Gasteiger partial charge is 0.340 e. The summed E-state index contributed by atoms with van der Waals surface area (Å²) in [4.78, 5) is 16.6. The summed E-state index contributed by atoms with van der Waals surface area (Å²) >= 11 is 0. The van der Waals surface area contributed by atoms with Crippen LogP contribution in [0.2, 0.25) is 0 Å². The Bertz CT molecular complexity index is 467. The van der Waals surface area contributed by atoms with Crippen molar-refractivity contribution < 1.29 is 4.79 Å². The Balaban J connectivity index is 1.89. The summed E-state index contributed by atoms with van der Waals surface area (Å²) in [5.74, 6) is 0.114. The molecule has 20 heavy (non-hydrogen) atoms. The second-order valence-corrected chi connectivity index (χ2v) is 5.62. The van der Waals surface area contributed by atoms with Crippen LogP contribution in [-0.4, -0.2) is 62.0 Å². The molecule has 1 N–H and O–H groups in total. The summed E-state index contributed by atoms with van der Waals surface area (Å²) in [5, 5.41) is 3.34. The second-order valence-electron chi connectivity index (χ2n) is 5.62. The van der Waals surface area contributed by atoms with Gasteiger partial charge < -0.3 is 10.2 Å². The minimum Gasteiger partial charge on any atom is -0.340 e. The van der Waals surface area contributed by atoms with Crippen molar-refractivity contribution in [2.24, 2.45) is 0 Å². The maximum atomic E-state index is 12.4. The van der Waals surface area contributed by atoms with Crippen molar-refractivity contribution in [3.63, 3.8) is 0 Å². The molecule has 1 aromatic carbocycles. The maximum absolute atomic E-state index is 12.4. The van der Waals surface area contributed by atoms with E-state index < -0.39 is 0 Å². The molecule has 110 valence electrons. The molecule has 0 atom stereocenters. The molecule has 1 fully saturated rings. The Morgan fingerprint density at radius 2 is 1.95 bits per heavy atom. The number of aryl methyl sites for hydroxylation is 2. The summed E-state index contributed by atoms with van der Waals surface area (Å²) < 4.78 is 0. The van der Waals surface area contributed by atoms with Gasteiger partial charge in [-0.2, -0.15) is 0 Å². The number of amides is 1. The SMILES string of the molecule is Cc1ccc(C(=O)N(C)CCN2CCNCC2)cc1C. The first-order valence-electron chi connectivity index (χ1n) is 7.33. The fourth-order valence-corrected chi connectivity index (χ4v) is 2.42. The standard InChI is InChI=1S/C16H25N3O/c1-13-4-5-15(12-14(13)2)16(20)18(3)10-11-19-8-6-17-7-9-19/h4-5,12,17H,6-11H2,1-3H3. The number of piperazine rings is 1. The van der Waals surface area contributed by atoms with E-state index in [2.05, 4.69) is 17.1 Å². The van der Waals surface area contributed by atoms with Crippen LogP contribution in [0.25, 0.3) is 0 Å². The second kappa shape index (κ2) is 6.86. The van der Waals surface area contributed by atoms with Gasteiger partial charge in [0.1, 0.15) is 0 Å². The van der Waals surface area contributed by atoms with Gasteiger partial charge >= 0.3 is 0 Å². The molecule has 0 aliphatic carbocycles. The Hall–Kier alpha value is -1.39. The third-order valence-corrected chi connectivity index (χ3v) is 4.06. The van der Waals surface area contributed by atoms with E-state index >= 15 is 0 Å². The van der Waals surface area contributed by atoms with Gasteiger partial charge in [0.15, 0.2) is 0 Å². The number of nitrogens with one attached hydrogen (secondary N) is 1. The van der Waals surface area contributed by atoms with Crippen molar-refractivity contribution in [1.82, 2.24) is 15.1 Å². The Kier molecular flexibility index (Phi) is 5.15. The van der Waals surface area contributed by atoms with Gasteiger partial charge in [-0.05, 0) is 37.1 Å². The molecule has 0 bridgehead atoms. The number of carbonyl (C=O) groups excluding carboxylic acids is 1. The zero-order chi connectivity index (χ0) is 14.5. The minimum absolute atomic E-state index is 0.114. The predicted octanol–water partition coefficient (Wildman–Crippen LogP) is 1.28. The topological polar surface area (TPSA) is 35.6 Å². The van der Waals surface area contributed by atoms with Crippen LogP contribution in [0.15, 0.2) is 18.2 Å². The molecule has 0 spiro atoms. The number of carbonyl (C=O) groups is 1. The molecule has 1 heterocycles. The lowest BCUT2D eigenvalue weighted by molar-refractivity contribution is 0.0774. The first-order chi connectivity index (χ1) is 9.58. The zero-order valence-corrected chi connectivity index (χ0v) is 12.8. The van der Waals surface area contributed by atoms with Crippen molar-refractivity contribution >= 4 is 5.91 Å². The molecule has 0 unspecified atom stereocenters. The quantitative estimate of drug-likeness (QED) is 0.899. The van der Waals surface area contributed by atoms with Gasteiger partial charge in [0, 0.05) is 51.9 Å². The molecule has 1 saturated heterocycles. The number of nitrogens with zero attached hydrogens (tertiary/aromatic N) is 2. The van der Waals surface area contributed by atoms with Crippen molar-refractivity contribution in [2.75, 3.05) is 46.3 Å². The third-order valence-electron chi connectivity index (χ3n) is 4.06. The fourth-order valence-electron chi connectivity index (χ4n) is 2.42. The summed E-state index contributed by atoms with van der Waals surface area (Å²) in [6, 6.07) is 5.93. The van der Waals surface area contributed by atoms with Crippen LogP contribution in [0.5, 0.6) is 0 Å². The lowest BCUT2D eigenvalue weighted by atomic mass is 10.1. The lowest BCUT2D eigenvalue weighted by Crippen LogP contribution is -2.46. The summed E-state index contributed by atoms with van der Waals surface area (Å²) in [6.07, 6.45) is 0. The number of hydrogen-bond donors (Lipinski definition) is 1. The average molecular weight is 275 g/mol. The van der Waals surface area contributed by atoms with Crippen LogP contribution in [0.4, 0.5) is 0 Å². The van der Waals surface area contributed by atoms with E-state index in [1.807, 2.05) is 37.1 Å². The van der Waals surface area contributed by atoms with Crippen molar-refractivity contribution in [3.05, 3.63) is 34.9 Å². The molecule has 2 rings (SSSR count). The van der Waals surface area contributed by atoms with Gasteiger partial charge in [-0.3, -0.25) is 9.69 Å². The number of likely N-dealkylation sites (N-methyl/N-ethyl adjacent to an activating group) is 1. The minimum atomic E-state index is 0.114. The third kappa shape index (κ3) is 3.81. The molecule has 0 aromatic heterocycles. The Morgan fingerprint density at radius 1 is 1.25 bits per heavy atom. The molecule has 1 aromatic rings. The molecule has 1 aliphatic rings. The van der Waals surface area contributed by atoms with Gasteiger partial charge in [-0.25, -0.2) is 0 Å². The lowest BCUT2D eigenvalue weighted by Gasteiger charge is -2.29. The molecular formula is C16H25N3O. The predicted molar refractivity (Wildman–Crippen MR) is 82.2 cm³/mol.